The van der Waals surface area contributed by atoms with E-state index < -0.39 is 10.0 Å². The number of anilines is 2. The molecule has 0 aromatic heterocycles. The molecule has 132 valence electrons. The SMILES string of the molecule is O=C(CCC1CCCO1)Nc1cc(N2CCCS2(=O)=O)ccc1Cl. The molecular weight excluding hydrogens is 352 g/mol. The van der Waals surface area contributed by atoms with Crippen LogP contribution in [0.2, 0.25) is 5.02 Å². The standard InChI is InChI=1S/C16H21ClN2O4S/c17-14-6-4-12(19-8-2-10-24(19,21)22)11-15(14)18-16(20)7-5-13-3-1-9-23-13/h4,6,11,13H,1-3,5,7-10H2,(H,18,20). The van der Waals surface area contributed by atoms with Crippen LogP contribution in [0.15, 0.2) is 18.2 Å². The van der Waals surface area contributed by atoms with Gasteiger partial charge in [-0.05, 0) is 43.9 Å². The monoisotopic (exact) mass is 372 g/mol. The zero-order chi connectivity index (χ0) is 17.2. The Morgan fingerprint density at radius 1 is 1.38 bits per heavy atom. The molecule has 1 amide bonds. The molecular formula is C16H21ClN2O4S. The van der Waals surface area contributed by atoms with E-state index in [4.69, 9.17) is 16.3 Å². The molecule has 2 heterocycles. The normalized spacial score (nSPS) is 22.7. The van der Waals surface area contributed by atoms with Crippen molar-refractivity contribution in [3.63, 3.8) is 0 Å². The van der Waals surface area contributed by atoms with E-state index in [1.807, 2.05) is 0 Å². The van der Waals surface area contributed by atoms with E-state index in [0.29, 0.717) is 42.2 Å². The van der Waals surface area contributed by atoms with Crippen molar-refractivity contribution in [2.45, 2.75) is 38.2 Å². The topological polar surface area (TPSA) is 75.7 Å². The van der Waals surface area contributed by atoms with Crippen LogP contribution in [0.25, 0.3) is 0 Å². The highest BCUT2D eigenvalue weighted by molar-refractivity contribution is 7.93. The molecule has 0 radical (unpaired) electrons. The smallest absolute Gasteiger partial charge is 0.235 e. The summed E-state index contributed by atoms with van der Waals surface area (Å²) in [6.45, 7) is 1.22. The van der Waals surface area contributed by atoms with Gasteiger partial charge in [-0.2, -0.15) is 0 Å². The molecule has 1 aromatic carbocycles. The van der Waals surface area contributed by atoms with Crippen molar-refractivity contribution in [1.29, 1.82) is 0 Å². The van der Waals surface area contributed by atoms with Gasteiger partial charge in [-0.3, -0.25) is 9.10 Å². The van der Waals surface area contributed by atoms with Crippen LogP contribution < -0.4 is 9.62 Å². The predicted molar refractivity (Wildman–Crippen MR) is 94.0 cm³/mol. The summed E-state index contributed by atoms with van der Waals surface area (Å²) in [5.41, 5.74) is 0.972. The van der Waals surface area contributed by atoms with Gasteiger partial charge in [0.15, 0.2) is 0 Å². The van der Waals surface area contributed by atoms with Crippen molar-refractivity contribution in [1.82, 2.24) is 0 Å². The second kappa shape index (κ2) is 7.29. The summed E-state index contributed by atoms with van der Waals surface area (Å²) < 4.78 is 30.9. The zero-order valence-electron chi connectivity index (χ0n) is 13.3. The Hall–Kier alpha value is -1.31. The molecule has 8 heteroatoms. The fourth-order valence-corrected chi connectivity index (χ4v) is 4.79. The van der Waals surface area contributed by atoms with Gasteiger partial charge in [0.25, 0.3) is 0 Å². The minimum atomic E-state index is -3.26. The van der Waals surface area contributed by atoms with Crippen molar-refractivity contribution < 1.29 is 17.9 Å². The van der Waals surface area contributed by atoms with E-state index in [0.717, 1.165) is 19.4 Å². The van der Waals surface area contributed by atoms with E-state index in [-0.39, 0.29) is 17.8 Å². The molecule has 0 aliphatic carbocycles. The van der Waals surface area contributed by atoms with Crippen LogP contribution in [0.1, 0.15) is 32.1 Å². The first kappa shape index (κ1) is 17.5. The van der Waals surface area contributed by atoms with E-state index >= 15 is 0 Å². The molecule has 1 aromatic rings. The summed E-state index contributed by atoms with van der Waals surface area (Å²) in [5.74, 6) is 0.00689. The highest BCUT2D eigenvalue weighted by Gasteiger charge is 2.28. The molecule has 0 spiro atoms. The highest BCUT2D eigenvalue weighted by Crippen LogP contribution is 2.31. The fraction of sp³-hybridized carbons (Fsp3) is 0.562. The molecule has 2 fully saturated rings. The number of nitrogens with one attached hydrogen (secondary N) is 1. The van der Waals surface area contributed by atoms with Gasteiger partial charge in [0.05, 0.1) is 28.3 Å². The maximum Gasteiger partial charge on any atom is 0.235 e. The minimum absolute atomic E-state index is 0.145. The number of carbonyl (C=O) groups is 1. The van der Waals surface area contributed by atoms with E-state index in [9.17, 15) is 13.2 Å². The first-order valence-electron chi connectivity index (χ1n) is 8.17. The maximum absolute atomic E-state index is 12.1. The molecule has 24 heavy (non-hydrogen) atoms. The van der Waals surface area contributed by atoms with Crippen LogP contribution in [0.4, 0.5) is 11.4 Å². The molecule has 0 bridgehead atoms. The lowest BCUT2D eigenvalue weighted by Gasteiger charge is -2.18. The second-order valence-corrected chi connectivity index (χ2v) is 8.55. The van der Waals surface area contributed by atoms with Gasteiger partial charge in [0.2, 0.25) is 15.9 Å². The van der Waals surface area contributed by atoms with Crippen molar-refractivity contribution in [3.8, 4) is 0 Å². The lowest BCUT2D eigenvalue weighted by Crippen LogP contribution is -2.25. The van der Waals surface area contributed by atoms with E-state index in [1.54, 1.807) is 18.2 Å². The molecule has 6 nitrogen and oxygen atoms in total. The van der Waals surface area contributed by atoms with Crippen LogP contribution >= 0.6 is 11.6 Å². The minimum Gasteiger partial charge on any atom is -0.378 e. The van der Waals surface area contributed by atoms with Crippen molar-refractivity contribution in [2.75, 3.05) is 28.5 Å². The summed E-state index contributed by atoms with van der Waals surface area (Å²) in [7, 11) is -3.26. The largest absolute Gasteiger partial charge is 0.378 e. The molecule has 3 rings (SSSR count). The van der Waals surface area contributed by atoms with Crippen LogP contribution in [-0.2, 0) is 19.6 Å². The second-order valence-electron chi connectivity index (χ2n) is 6.13. The summed E-state index contributed by atoms with van der Waals surface area (Å²) in [6, 6.07) is 4.89. The average molecular weight is 373 g/mol. The summed E-state index contributed by atoms with van der Waals surface area (Å²) >= 11 is 6.14. The molecule has 1 atom stereocenters. The molecule has 0 saturated carbocycles. The Labute approximate surface area is 147 Å². The number of nitrogens with zero attached hydrogens (tertiary/aromatic N) is 1. The third kappa shape index (κ3) is 4.02. The Morgan fingerprint density at radius 3 is 2.88 bits per heavy atom. The fourth-order valence-electron chi connectivity index (χ4n) is 3.07. The summed E-state index contributed by atoms with van der Waals surface area (Å²) in [6.07, 6.45) is 3.85. The highest BCUT2D eigenvalue weighted by atomic mass is 35.5. The van der Waals surface area contributed by atoms with E-state index in [1.165, 1.54) is 4.31 Å². The van der Waals surface area contributed by atoms with Gasteiger partial charge in [-0.1, -0.05) is 11.6 Å². The average Bonchev–Trinajstić information content (AvgIpc) is 3.16. The third-order valence-corrected chi connectivity index (χ3v) is 6.53. The Morgan fingerprint density at radius 2 is 2.21 bits per heavy atom. The Balaban J connectivity index is 1.66. The lowest BCUT2D eigenvalue weighted by molar-refractivity contribution is -0.116. The number of hydrogen-bond acceptors (Lipinski definition) is 4. The first-order valence-corrected chi connectivity index (χ1v) is 10.2. The number of carbonyl (C=O) groups excluding carboxylic acids is 1. The van der Waals surface area contributed by atoms with Gasteiger partial charge < -0.3 is 10.1 Å². The van der Waals surface area contributed by atoms with Crippen LogP contribution in [-0.4, -0.2) is 39.3 Å². The molecule has 2 aliphatic rings. The molecule has 2 saturated heterocycles. The van der Waals surface area contributed by atoms with E-state index in [2.05, 4.69) is 5.32 Å². The van der Waals surface area contributed by atoms with Gasteiger partial charge >= 0.3 is 0 Å². The summed E-state index contributed by atoms with van der Waals surface area (Å²) in [4.78, 5) is 12.1. The molecule has 1 N–H and O–H groups in total. The van der Waals surface area contributed by atoms with Gasteiger partial charge in [0, 0.05) is 19.6 Å². The third-order valence-electron chi connectivity index (χ3n) is 4.33. The van der Waals surface area contributed by atoms with Crippen LogP contribution in [0.5, 0.6) is 0 Å². The number of ether oxygens (including phenoxy) is 1. The molecule has 2 aliphatic heterocycles. The van der Waals surface area contributed by atoms with Crippen molar-refractivity contribution in [3.05, 3.63) is 23.2 Å². The lowest BCUT2D eigenvalue weighted by atomic mass is 10.1. The Kier molecular flexibility index (Phi) is 5.32. The molecule has 1 unspecified atom stereocenters. The van der Waals surface area contributed by atoms with Crippen molar-refractivity contribution in [2.24, 2.45) is 0 Å². The number of hydrogen-bond donors (Lipinski definition) is 1. The van der Waals surface area contributed by atoms with Crippen molar-refractivity contribution >= 4 is 38.9 Å². The zero-order valence-corrected chi connectivity index (χ0v) is 14.9. The predicted octanol–water partition coefficient (Wildman–Crippen LogP) is 2.78. The Bertz CT molecular complexity index is 717. The first-order chi connectivity index (χ1) is 11.5. The summed E-state index contributed by atoms with van der Waals surface area (Å²) in [5, 5.41) is 3.17. The van der Waals surface area contributed by atoms with Gasteiger partial charge in [-0.25, -0.2) is 8.42 Å². The number of amides is 1. The number of benzene rings is 1. The number of halogens is 1. The van der Waals surface area contributed by atoms with Crippen LogP contribution in [0, 0.1) is 0 Å². The maximum atomic E-state index is 12.1. The van der Waals surface area contributed by atoms with Gasteiger partial charge in [-0.15, -0.1) is 0 Å². The number of sulfonamides is 1. The quantitative estimate of drug-likeness (QED) is 0.862. The van der Waals surface area contributed by atoms with Crippen LogP contribution in [0.3, 0.4) is 0 Å². The van der Waals surface area contributed by atoms with Gasteiger partial charge in [0.1, 0.15) is 0 Å². The number of rotatable bonds is 5.